The minimum atomic E-state index is 0.261. The van der Waals surface area contributed by atoms with E-state index in [0.29, 0.717) is 11.4 Å². The normalized spacial score (nSPS) is 10.7. The summed E-state index contributed by atoms with van der Waals surface area (Å²) in [5.41, 5.74) is 3.72. The highest BCUT2D eigenvalue weighted by Gasteiger charge is 2.17. The van der Waals surface area contributed by atoms with Crippen LogP contribution in [0.2, 0.25) is 0 Å². The van der Waals surface area contributed by atoms with E-state index < -0.39 is 0 Å². The summed E-state index contributed by atoms with van der Waals surface area (Å²) in [7, 11) is 1.63. The van der Waals surface area contributed by atoms with Crippen LogP contribution < -0.4 is 9.47 Å². The largest absolute Gasteiger partial charge is 0.497 e. The van der Waals surface area contributed by atoms with Crippen molar-refractivity contribution in [3.8, 4) is 40.1 Å². The topological polar surface area (TPSA) is 55.1 Å². The maximum atomic E-state index is 9.94. The number of ether oxygens (including phenoxy) is 2. The van der Waals surface area contributed by atoms with Crippen molar-refractivity contribution in [2.75, 3.05) is 13.7 Å². The molecule has 0 bridgehead atoms. The Morgan fingerprint density at radius 1 is 0.882 bits per heavy atom. The van der Waals surface area contributed by atoms with Crippen LogP contribution in [0.4, 0.5) is 0 Å². The Kier molecular flexibility index (Phi) is 5.68. The molecule has 34 heavy (non-hydrogen) atoms. The Labute approximate surface area is 198 Å². The SMILES string of the molecule is C=CCOc1nc(-c2ccc3c(ccc4ccccc43)c2)cc(-c2ccc(OC)cc2)c1C#N. The summed E-state index contributed by atoms with van der Waals surface area (Å²) in [6.07, 6.45) is 1.64. The molecule has 0 aliphatic heterocycles. The van der Waals surface area contributed by atoms with Crippen LogP contribution in [0.25, 0.3) is 43.9 Å². The van der Waals surface area contributed by atoms with Gasteiger partial charge in [0.15, 0.2) is 0 Å². The molecule has 1 aromatic heterocycles. The summed E-state index contributed by atoms with van der Waals surface area (Å²) in [5, 5.41) is 14.7. The number of nitriles is 1. The lowest BCUT2D eigenvalue weighted by atomic mass is 9.96. The number of benzene rings is 4. The third-order valence-electron chi connectivity index (χ3n) is 5.88. The minimum absolute atomic E-state index is 0.261. The lowest BCUT2D eigenvalue weighted by Crippen LogP contribution is -2.02. The first kappa shape index (κ1) is 21.2. The van der Waals surface area contributed by atoms with Gasteiger partial charge in [0.2, 0.25) is 5.88 Å². The van der Waals surface area contributed by atoms with Crippen LogP contribution in [-0.4, -0.2) is 18.7 Å². The molecule has 0 N–H and O–H groups in total. The van der Waals surface area contributed by atoms with E-state index in [9.17, 15) is 5.26 Å². The lowest BCUT2D eigenvalue weighted by molar-refractivity contribution is 0.348. The highest BCUT2D eigenvalue weighted by Crippen LogP contribution is 2.36. The van der Waals surface area contributed by atoms with Gasteiger partial charge in [-0.2, -0.15) is 5.26 Å². The van der Waals surface area contributed by atoms with Gasteiger partial charge in [0, 0.05) is 11.1 Å². The molecule has 4 aromatic carbocycles. The molecule has 5 rings (SSSR count). The van der Waals surface area contributed by atoms with Crippen LogP contribution in [0.3, 0.4) is 0 Å². The molecule has 0 radical (unpaired) electrons. The minimum Gasteiger partial charge on any atom is -0.497 e. The van der Waals surface area contributed by atoms with Gasteiger partial charge >= 0.3 is 0 Å². The number of hydrogen-bond donors (Lipinski definition) is 0. The first-order valence-corrected chi connectivity index (χ1v) is 11.0. The van der Waals surface area contributed by atoms with Crippen LogP contribution >= 0.6 is 0 Å². The zero-order valence-electron chi connectivity index (χ0n) is 18.8. The average Bonchev–Trinajstić information content (AvgIpc) is 2.91. The molecule has 0 aliphatic carbocycles. The zero-order chi connectivity index (χ0) is 23.5. The quantitative estimate of drug-likeness (QED) is 0.207. The molecule has 0 amide bonds. The average molecular weight is 443 g/mol. The molecule has 164 valence electrons. The first-order chi connectivity index (χ1) is 16.7. The number of methoxy groups -OCH3 is 1. The van der Waals surface area contributed by atoms with Gasteiger partial charge < -0.3 is 9.47 Å². The fraction of sp³-hybridized carbons (Fsp3) is 0.0667. The number of fused-ring (bicyclic) bond motifs is 3. The molecule has 4 nitrogen and oxygen atoms in total. The van der Waals surface area contributed by atoms with E-state index in [1.54, 1.807) is 13.2 Å². The second-order valence-corrected chi connectivity index (χ2v) is 7.90. The number of hydrogen-bond acceptors (Lipinski definition) is 4. The van der Waals surface area contributed by atoms with Crippen molar-refractivity contribution in [3.05, 3.63) is 103 Å². The number of rotatable bonds is 6. The van der Waals surface area contributed by atoms with E-state index in [-0.39, 0.29) is 6.61 Å². The van der Waals surface area contributed by atoms with Gasteiger partial charge in [-0.1, -0.05) is 73.3 Å². The van der Waals surface area contributed by atoms with Gasteiger partial charge in [0.05, 0.1) is 12.8 Å². The predicted molar refractivity (Wildman–Crippen MR) is 137 cm³/mol. The molecule has 0 fully saturated rings. The summed E-state index contributed by atoms with van der Waals surface area (Å²) in [6.45, 7) is 3.98. The maximum absolute atomic E-state index is 9.94. The molecule has 0 atom stereocenters. The fourth-order valence-electron chi connectivity index (χ4n) is 4.19. The molecule has 0 unspecified atom stereocenters. The van der Waals surface area contributed by atoms with Crippen molar-refractivity contribution >= 4 is 21.5 Å². The van der Waals surface area contributed by atoms with E-state index in [4.69, 9.17) is 14.5 Å². The van der Waals surface area contributed by atoms with Crippen LogP contribution in [0.5, 0.6) is 11.6 Å². The predicted octanol–water partition coefficient (Wildman–Crippen LogP) is 7.17. The summed E-state index contributed by atoms with van der Waals surface area (Å²) in [4.78, 5) is 4.72. The monoisotopic (exact) mass is 442 g/mol. The fourth-order valence-corrected chi connectivity index (χ4v) is 4.19. The van der Waals surface area contributed by atoms with Crippen LogP contribution in [0.1, 0.15) is 5.56 Å². The molecule has 0 aliphatic rings. The van der Waals surface area contributed by atoms with Crippen molar-refractivity contribution in [1.29, 1.82) is 5.26 Å². The number of nitrogens with zero attached hydrogens (tertiary/aromatic N) is 2. The zero-order valence-corrected chi connectivity index (χ0v) is 18.8. The Hall–Kier alpha value is -4.62. The number of pyridine rings is 1. The third kappa shape index (κ3) is 3.85. The summed E-state index contributed by atoms with van der Waals surface area (Å²) in [5.74, 6) is 1.05. The second kappa shape index (κ2) is 9.09. The smallest absolute Gasteiger partial charge is 0.233 e. The second-order valence-electron chi connectivity index (χ2n) is 7.90. The highest BCUT2D eigenvalue weighted by molar-refractivity contribution is 6.08. The van der Waals surface area contributed by atoms with E-state index in [0.717, 1.165) is 33.5 Å². The van der Waals surface area contributed by atoms with Crippen LogP contribution in [-0.2, 0) is 0 Å². The van der Waals surface area contributed by atoms with Gasteiger partial charge in [-0.05, 0) is 51.4 Å². The number of aromatic nitrogens is 1. The van der Waals surface area contributed by atoms with Crippen molar-refractivity contribution in [2.24, 2.45) is 0 Å². The molecule has 5 aromatic rings. The molecular formula is C30H22N2O2. The Morgan fingerprint density at radius 2 is 1.62 bits per heavy atom. The molecular weight excluding hydrogens is 420 g/mol. The van der Waals surface area contributed by atoms with Crippen molar-refractivity contribution < 1.29 is 9.47 Å². The summed E-state index contributed by atoms with van der Waals surface area (Å²) in [6, 6.07) is 30.8. The van der Waals surface area contributed by atoms with Gasteiger partial charge in [0.25, 0.3) is 0 Å². The van der Waals surface area contributed by atoms with E-state index in [1.807, 2.05) is 30.3 Å². The first-order valence-electron chi connectivity index (χ1n) is 11.0. The van der Waals surface area contributed by atoms with Gasteiger partial charge in [0.1, 0.15) is 24.0 Å². The Morgan fingerprint density at radius 3 is 2.38 bits per heavy atom. The molecule has 4 heteroatoms. The summed E-state index contributed by atoms with van der Waals surface area (Å²) < 4.78 is 11.1. The van der Waals surface area contributed by atoms with Crippen molar-refractivity contribution in [1.82, 2.24) is 4.98 Å². The Bertz CT molecular complexity index is 1560. The van der Waals surface area contributed by atoms with E-state index >= 15 is 0 Å². The summed E-state index contributed by atoms with van der Waals surface area (Å²) >= 11 is 0. The molecule has 0 saturated heterocycles. The Balaban J connectivity index is 1.69. The van der Waals surface area contributed by atoms with E-state index in [2.05, 4.69) is 67.2 Å². The lowest BCUT2D eigenvalue weighted by Gasteiger charge is -2.14. The van der Waals surface area contributed by atoms with Gasteiger partial charge in [-0.25, -0.2) is 4.98 Å². The van der Waals surface area contributed by atoms with E-state index in [1.165, 1.54) is 16.2 Å². The van der Waals surface area contributed by atoms with Gasteiger partial charge in [-0.15, -0.1) is 0 Å². The molecule has 1 heterocycles. The third-order valence-corrected chi connectivity index (χ3v) is 5.88. The highest BCUT2D eigenvalue weighted by atomic mass is 16.5. The molecule has 0 saturated carbocycles. The molecule has 0 spiro atoms. The standard InChI is InChI=1S/C30H22N2O2/c1-3-16-34-30-28(19-31)27(21-10-13-24(33-2)14-11-21)18-29(32-30)23-12-15-26-22(17-23)9-8-20-6-4-5-7-25(20)26/h3-15,17-18H,1,16H2,2H3. The van der Waals surface area contributed by atoms with Gasteiger partial charge in [-0.3, -0.25) is 0 Å². The maximum Gasteiger partial charge on any atom is 0.233 e. The van der Waals surface area contributed by atoms with Crippen molar-refractivity contribution in [2.45, 2.75) is 0 Å². The van der Waals surface area contributed by atoms with Crippen molar-refractivity contribution in [3.63, 3.8) is 0 Å². The van der Waals surface area contributed by atoms with Crippen LogP contribution in [0.15, 0.2) is 97.6 Å². The van der Waals surface area contributed by atoms with Crippen LogP contribution in [0, 0.1) is 11.3 Å².